The molecule has 0 heterocycles. The Hall–Kier alpha value is -3.94. The molecule has 0 aliphatic heterocycles. The molecule has 37 heavy (non-hydrogen) atoms. The molecule has 4 rings (SSSR count). The largest absolute Gasteiger partial charge is 0.489 e. The highest BCUT2D eigenvalue weighted by atomic mass is 79.9. The summed E-state index contributed by atoms with van der Waals surface area (Å²) >= 11 is 9.49. The van der Waals surface area contributed by atoms with Crippen molar-refractivity contribution >= 4 is 45.6 Å². The topological polar surface area (TPSA) is 77.0 Å². The van der Waals surface area contributed by atoms with Gasteiger partial charge in [0.05, 0.1) is 16.8 Å². The van der Waals surface area contributed by atoms with E-state index in [2.05, 4.69) is 26.5 Å². The van der Waals surface area contributed by atoms with E-state index in [0.717, 1.165) is 10.0 Å². The monoisotopic (exact) mass is 576 g/mol. The van der Waals surface area contributed by atoms with Crippen LogP contribution in [0.25, 0.3) is 0 Å². The number of halogens is 2. The Bertz CT molecular complexity index is 1440. The van der Waals surface area contributed by atoms with Crippen molar-refractivity contribution in [3.05, 3.63) is 128 Å². The summed E-state index contributed by atoms with van der Waals surface area (Å²) in [6.07, 6.45) is 1.40. The van der Waals surface area contributed by atoms with Crippen molar-refractivity contribution in [2.75, 3.05) is 0 Å². The standard InChI is InChI=1S/C29H22BrClN2O4/c1-19-6-8-20(9-7-19)18-36-24-13-10-21(11-14-24)28(34)33-32-17-22-16-23(30)12-15-27(22)37-29(35)25-4-2-3-5-26(25)31/h2-17H,18H2,1H3,(H,33,34)/b32-17+. The highest BCUT2D eigenvalue weighted by Crippen LogP contribution is 2.24. The van der Waals surface area contributed by atoms with Crippen molar-refractivity contribution in [3.8, 4) is 11.5 Å². The Balaban J connectivity index is 1.37. The second-order valence-electron chi connectivity index (χ2n) is 8.05. The van der Waals surface area contributed by atoms with E-state index in [1.807, 2.05) is 31.2 Å². The van der Waals surface area contributed by atoms with Crippen LogP contribution < -0.4 is 14.9 Å². The summed E-state index contributed by atoms with van der Waals surface area (Å²) in [5, 5.41) is 4.32. The minimum absolute atomic E-state index is 0.245. The van der Waals surface area contributed by atoms with Crippen LogP contribution in [0.5, 0.6) is 11.5 Å². The number of hydrogen-bond acceptors (Lipinski definition) is 5. The van der Waals surface area contributed by atoms with Gasteiger partial charge in [-0.15, -0.1) is 0 Å². The molecular weight excluding hydrogens is 556 g/mol. The van der Waals surface area contributed by atoms with Crippen molar-refractivity contribution < 1.29 is 19.1 Å². The number of hydrogen-bond donors (Lipinski definition) is 1. The molecule has 0 spiro atoms. The molecule has 0 bridgehead atoms. The number of aryl methyl sites for hydroxylation is 1. The van der Waals surface area contributed by atoms with Crippen molar-refractivity contribution in [1.29, 1.82) is 0 Å². The predicted octanol–water partition coefficient (Wildman–Crippen LogP) is 6.97. The number of carbonyl (C=O) groups is 2. The first kappa shape index (κ1) is 26.1. The van der Waals surface area contributed by atoms with E-state index in [1.165, 1.54) is 11.8 Å². The first-order valence-corrected chi connectivity index (χ1v) is 12.4. The Kier molecular flexibility index (Phi) is 8.72. The van der Waals surface area contributed by atoms with Gasteiger partial charge in [0, 0.05) is 15.6 Å². The summed E-state index contributed by atoms with van der Waals surface area (Å²) in [5.74, 6) is -0.0804. The molecule has 0 unspecified atom stereocenters. The van der Waals surface area contributed by atoms with Crippen LogP contribution in [0.15, 0.2) is 101 Å². The maximum atomic E-state index is 12.6. The zero-order valence-electron chi connectivity index (χ0n) is 19.8. The molecule has 4 aromatic carbocycles. The van der Waals surface area contributed by atoms with Crippen LogP contribution in [0, 0.1) is 6.92 Å². The number of hydrazone groups is 1. The molecule has 0 saturated carbocycles. The van der Waals surface area contributed by atoms with Crippen molar-refractivity contribution in [2.45, 2.75) is 13.5 Å². The third kappa shape index (κ3) is 7.29. The smallest absolute Gasteiger partial charge is 0.345 e. The van der Waals surface area contributed by atoms with Gasteiger partial charge in [0.25, 0.3) is 5.91 Å². The van der Waals surface area contributed by atoms with Gasteiger partial charge < -0.3 is 9.47 Å². The minimum atomic E-state index is -0.601. The molecule has 4 aromatic rings. The summed E-state index contributed by atoms with van der Waals surface area (Å²) in [5.41, 5.74) is 5.88. The van der Waals surface area contributed by atoms with Crippen LogP contribution in [-0.4, -0.2) is 18.1 Å². The quantitative estimate of drug-likeness (QED) is 0.106. The average Bonchev–Trinajstić information content (AvgIpc) is 2.90. The minimum Gasteiger partial charge on any atom is -0.489 e. The number of carbonyl (C=O) groups excluding carboxylic acids is 2. The van der Waals surface area contributed by atoms with E-state index in [-0.39, 0.29) is 11.3 Å². The van der Waals surface area contributed by atoms with E-state index < -0.39 is 11.9 Å². The predicted molar refractivity (Wildman–Crippen MR) is 148 cm³/mol. The van der Waals surface area contributed by atoms with Gasteiger partial charge in [-0.1, -0.05) is 69.5 Å². The molecule has 1 N–H and O–H groups in total. The molecule has 6 nitrogen and oxygen atoms in total. The van der Waals surface area contributed by atoms with Gasteiger partial charge in [-0.2, -0.15) is 5.10 Å². The fourth-order valence-corrected chi connectivity index (χ4v) is 3.86. The van der Waals surface area contributed by atoms with Crippen LogP contribution in [0.2, 0.25) is 5.02 Å². The number of esters is 1. The molecule has 0 saturated heterocycles. The third-order valence-corrected chi connectivity index (χ3v) is 6.10. The zero-order valence-corrected chi connectivity index (χ0v) is 22.1. The van der Waals surface area contributed by atoms with Crippen LogP contribution in [-0.2, 0) is 6.61 Å². The third-order valence-electron chi connectivity index (χ3n) is 5.28. The van der Waals surface area contributed by atoms with Gasteiger partial charge >= 0.3 is 5.97 Å². The second kappa shape index (κ2) is 12.3. The molecular formula is C29H22BrClN2O4. The lowest BCUT2D eigenvalue weighted by atomic mass is 10.2. The first-order valence-electron chi connectivity index (χ1n) is 11.3. The lowest BCUT2D eigenvalue weighted by Crippen LogP contribution is -2.17. The number of benzene rings is 4. The summed E-state index contributed by atoms with van der Waals surface area (Å²) in [6, 6.07) is 26.6. The first-order chi connectivity index (χ1) is 17.9. The maximum absolute atomic E-state index is 12.6. The van der Waals surface area contributed by atoms with E-state index >= 15 is 0 Å². The Labute approximate surface area is 228 Å². The molecule has 0 atom stereocenters. The number of ether oxygens (including phenoxy) is 2. The van der Waals surface area contributed by atoms with Gasteiger partial charge in [0.2, 0.25) is 0 Å². The van der Waals surface area contributed by atoms with Crippen LogP contribution in [0.1, 0.15) is 37.4 Å². The Morgan fingerprint density at radius 1 is 0.973 bits per heavy atom. The van der Waals surface area contributed by atoms with E-state index in [4.69, 9.17) is 21.1 Å². The van der Waals surface area contributed by atoms with Gasteiger partial charge in [0.15, 0.2) is 0 Å². The summed E-state index contributed by atoms with van der Waals surface area (Å²) in [6.45, 7) is 2.47. The highest BCUT2D eigenvalue weighted by molar-refractivity contribution is 9.10. The molecule has 186 valence electrons. The van der Waals surface area contributed by atoms with E-state index in [9.17, 15) is 9.59 Å². The normalized spacial score (nSPS) is 10.8. The second-order valence-corrected chi connectivity index (χ2v) is 9.37. The molecule has 1 amide bonds. The summed E-state index contributed by atoms with van der Waals surface area (Å²) in [7, 11) is 0. The number of nitrogens with zero attached hydrogens (tertiary/aromatic N) is 1. The van der Waals surface area contributed by atoms with Crippen molar-refractivity contribution in [1.82, 2.24) is 5.43 Å². The number of nitrogens with one attached hydrogen (secondary N) is 1. The lowest BCUT2D eigenvalue weighted by Gasteiger charge is -2.09. The van der Waals surface area contributed by atoms with Gasteiger partial charge in [-0.3, -0.25) is 4.79 Å². The summed E-state index contributed by atoms with van der Waals surface area (Å²) in [4.78, 5) is 25.1. The van der Waals surface area contributed by atoms with Crippen LogP contribution in [0.4, 0.5) is 0 Å². The maximum Gasteiger partial charge on any atom is 0.345 e. The lowest BCUT2D eigenvalue weighted by molar-refractivity contribution is 0.0734. The average molecular weight is 578 g/mol. The number of amides is 1. The molecule has 0 aromatic heterocycles. The molecule has 8 heteroatoms. The molecule has 0 aliphatic rings. The van der Waals surface area contributed by atoms with Gasteiger partial charge in [0.1, 0.15) is 18.1 Å². The van der Waals surface area contributed by atoms with E-state index in [0.29, 0.717) is 28.5 Å². The highest BCUT2D eigenvalue weighted by Gasteiger charge is 2.14. The zero-order chi connectivity index (χ0) is 26.2. The fourth-order valence-electron chi connectivity index (χ4n) is 3.27. The van der Waals surface area contributed by atoms with Gasteiger partial charge in [-0.05, 0) is 67.1 Å². The van der Waals surface area contributed by atoms with Crippen molar-refractivity contribution in [2.24, 2.45) is 5.10 Å². The molecule has 0 fully saturated rings. The number of rotatable bonds is 8. The van der Waals surface area contributed by atoms with Gasteiger partial charge in [-0.25, -0.2) is 10.2 Å². The fraction of sp³-hybridized carbons (Fsp3) is 0.0690. The Morgan fingerprint density at radius 2 is 1.70 bits per heavy atom. The van der Waals surface area contributed by atoms with Crippen LogP contribution in [0.3, 0.4) is 0 Å². The van der Waals surface area contributed by atoms with Crippen molar-refractivity contribution in [3.63, 3.8) is 0 Å². The molecule has 0 aliphatic carbocycles. The summed E-state index contributed by atoms with van der Waals surface area (Å²) < 4.78 is 12.1. The SMILES string of the molecule is Cc1ccc(COc2ccc(C(=O)N/N=C/c3cc(Br)ccc3OC(=O)c3ccccc3Cl)cc2)cc1. The molecule has 0 radical (unpaired) electrons. The van der Waals surface area contributed by atoms with Crippen LogP contribution >= 0.6 is 27.5 Å². The Morgan fingerprint density at radius 3 is 2.43 bits per heavy atom. The van der Waals surface area contributed by atoms with E-state index in [1.54, 1.807) is 66.7 Å².